The molecule has 11 aromatic rings. The van der Waals surface area contributed by atoms with Gasteiger partial charge in [0.2, 0.25) is 0 Å². The third-order valence-corrected chi connectivity index (χ3v) is 16.8. The van der Waals surface area contributed by atoms with Gasteiger partial charge < -0.3 is 4.90 Å². The first-order valence-electron chi connectivity index (χ1n) is 25.8. The van der Waals surface area contributed by atoms with Crippen LogP contribution in [-0.4, -0.2) is 0 Å². The molecular formula is C72H53N. The first kappa shape index (κ1) is 43.0. The van der Waals surface area contributed by atoms with E-state index in [0.717, 1.165) is 17.1 Å². The van der Waals surface area contributed by atoms with Crippen molar-refractivity contribution in [2.75, 3.05) is 4.90 Å². The Balaban J connectivity index is 0.989. The molecule has 0 saturated heterocycles. The molecule has 0 heterocycles. The number of nitrogens with zero attached hydrogens (tertiary/aromatic N) is 1. The van der Waals surface area contributed by atoms with E-state index in [1.165, 1.54) is 106 Å². The number of hydrogen-bond donors (Lipinski definition) is 0. The van der Waals surface area contributed by atoms with Crippen LogP contribution in [-0.2, 0) is 16.2 Å². The van der Waals surface area contributed by atoms with E-state index < -0.39 is 5.41 Å². The molecule has 0 N–H and O–H groups in total. The zero-order valence-electron chi connectivity index (χ0n) is 41.4. The molecule has 346 valence electrons. The van der Waals surface area contributed by atoms with Crippen molar-refractivity contribution in [2.45, 2.75) is 37.0 Å². The van der Waals surface area contributed by atoms with Crippen LogP contribution in [0, 0.1) is 0 Å². The fraction of sp³-hybridized carbons (Fsp3) is 0.0833. The topological polar surface area (TPSA) is 3.24 Å². The molecule has 1 atom stereocenters. The molecule has 0 fully saturated rings. The quantitative estimate of drug-likeness (QED) is 0.147. The lowest BCUT2D eigenvalue weighted by molar-refractivity contribution is 0.662. The van der Waals surface area contributed by atoms with Crippen molar-refractivity contribution in [1.29, 1.82) is 0 Å². The second kappa shape index (κ2) is 16.4. The summed E-state index contributed by atoms with van der Waals surface area (Å²) in [7, 11) is 0. The van der Waals surface area contributed by atoms with Crippen LogP contribution in [0.15, 0.2) is 267 Å². The second-order valence-electron chi connectivity index (χ2n) is 20.8. The third kappa shape index (κ3) is 6.15. The van der Waals surface area contributed by atoms with E-state index in [2.05, 4.69) is 293 Å². The van der Waals surface area contributed by atoms with Gasteiger partial charge in [-0.2, -0.15) is 0 Å². The van der Waals surface area contributed by atoms with E-state index in [1.54, 1.807) is 0 Å². The Bertz CT molecular complexity index is 3900. The maximum Gasteiger partial charge on any atom is 0.0714 e. The lowest BCUT2D eigenvalue weighted by Crippen LogP contribution is -2.28. The Labute approximate surface area is 429 Å². The number of rotatable bonds is 8. The van der Waals surface area contributed by atoms with Crippen LogP contribution in [0.25, 0.3) is 55.6 Å². The van der Waals surface area contributed by atoms with Gasteiger partial charge >= 0.3 is 0 Å². The van der Waals surface area contributed by atoms with E-state index in [-0.39, 0.29) is 10.8 Å². The maximum absolute atomic E-state index is 2.54. The van der Waals surface area contributed by atoms with Gasteiger partial charge in [-0.3, -0.25) is 0 Å². The molecule has 1 unspecified atom stereocenters. The third-order valence-electron chi connectivity index (χ3n) is 16.8. The zero-order chi connectivity index (χ0) is 48.9. The average Bonchev–Trinajstić information content (AvgIpc) is 4.00. The summed E-state index contributed by atoms with van der Waals surface area (Å²) in [5, 5.41) is 0. The molecule has 14 rings (SSSR count). The maximum atomic E-state index is 2.54. The van der Waals surface area contributed by atoms with Crippen LogP contribution in [0.2, 0.25) is 0 Å². The Kier molecular flexibility index (Phi) is 9.66. The van der Waals surface area contributed by atoms with Crippen LogP contribution < -0.4 is 4.90 Å². The van der Waals surface area contributed by atoms with Crippen LogP contribution in [0.4, 0.5) is 17.1 Å². The van der Waals surface area contributed by atoms with E-state index in [9.17, 15) is 0 Å². The highest BCUT2D eigenvalue weighted by Gasteiger charge is 2.48. The molecule has 0 aliphatic heterocycles. The SMILES string of the molecule is CC1(C)c2ccccc2-c2cccc(-c3ccccc3-c3ccc(N(c4ccc5c(c4)C(C)(c4ccccc4)c4ccccc4-5)c4cccc5c4-c4ccccc4C5(c4ccccc4)c4ccccc4)cc3)c21. The first-order chi connectivity index (χ1) is 35.9. The molecule has 73 heavy (non-hydrogen) atoms. The molecule has 0 radical (unpaired) electrons. The standard InChI is InChI=1S/C72H53N/c1-70(2)62-36-18-15-32-57(62)60-35-21-34-59(69(60)70)55-30-14-13-29-54(55)48-41-43-52(44-42-48)73(53-45-46-58-56-31-16-19-37-63(56)71(3,66(58)47-53)49-23-7-4-8-24-49)67-40-22-39-65-68(67)61-33-17-20-38-64(61)72(65,50-25-9-5-10-26-50)51-27-11-6-12-28-51/h4-47H,1-3H3. The van der Waals surface area contributed by atoms with Crippen molar-refractivity contribution >= 4 is 17.1 Å². The second-order valence-corrected chi connectivity index (χ2v) is 20.8. The fourth-order valence-electron chi connectivity index (χ4n) is 13.6. The molecule has 11 aromatic carbocycles. The lowest BCUT2D eigenvalue weighted by Gasteiger charge is -2.34. The van der Waals surface area contributed by atoms with Crippen LogP contribution in [0.5, 0.6) is 0 Å². The molecule has 0 spiro atoms. The summed E-state index contributed by atoms with van der Waals surface area (Å²) in [6, 6.07) is 99.9. The highest BCUT2D eigenvalue weighted by molar-refractivity contribution is 5.99. The highest BCUT2D eigenvalue weighted by atomic mass is 15.1. The molecule has 0 aromatic heterocycles. The van der Waals surface area contributed by atoms with Crippen molar-refractivity contribution in [3.05, 3.63) is 317 Å². The van der Waals surface area contributed by atoms with Crippen LogP contribution in [0.3, 0.4) is 0 Å². The summed E-state index contributed by atoms with van der Waals surface area (Å²) in [5.74, 6) is 0. The Morgan fingerprint density at radius 1 is 0.288 bits per heavy atom. The zero-order valence-corrected chi connectivity index (χ0v) is 41.4. The van der Waals surface area contributed by atoms with Crippen LogP contribution in [0.1, 0.15) is 70.8 Å². The van der Waals surface area contributed by atoms with Crippen molar-refractivity contribution in [2.24, 2.45) is 0 Å². The van der Waals surface area contributed by atoms with E-state index in [0.29, 0.717) is 0 Å². The predicted molar refractivity (Wildman–Crippen MR) is 304 cm³/mol. The molecule has 0 amide bonds. The lowest BCUT2D eigenvalue weighted by atomic mass is 9.68. The van der Waals surface area contributed by atoms with E-state index >= 15 is 0 Å². The molecule has 1 nitrogen and oxygen atoms in total. The van der Waals surface area contributed by atoms with E-state index in [4.69, 9.17) is 0 Å². The summed E-state index contributed by atoms with van der Waals surface area (Å²) in [6.07, 6.45) is 0. The molecule has 0 saturated carbocycles. The smallest absolute Gasteiger partial charge is 0.0714 e. The van der Waals surface area contributed by atoms with Gasteiger partial charge in [-0.15, -0.1) is 0 Å². The van der Waals surface area contributed by atoms with Gasteiger partial charge in [-0.25, -0.2) is 0 Å². The van der Waals surface area contributed by atoms with Gasteiger partial charge in [-0.05, 0) is 137 Å². The Morgan fingerprint density at radius 3 is 1.40 bits per heavy atom. The predicted octanol–water partition coefficient (Wildman–Crippen LogP) is 18.5. The van der Waals surface area contributed by atoms with Crippen LogP contribution >= 0.6 is 0 Å². The van der Waals surface area contributed by atoms with Gasteiger partial charge in [0.05, 0.1) is 11.1 Å². The average molecular weight is 932 g/mol. The summed E-state index contributed by atoms with van der Waals surface area (Å²) in [5.41, 5.74) is 26.8. The fourth-order valence-corrected chi connectivity index (χ4v) is 13.6. The van der Waals surface area contributed by atoms with Gasteiger partial charge in [0.1, 0.15) is 0 Å². The van der Waals surface area contributed by atoms with Gasteiger partial charge in [0.25, 0.3) is 0 Å². The highest BCUT2D eigenvalue weighted by Crippen LogP contribution is 2.61. The molecule has 3 aliphatic carbocycles. The number of anilines is 3. The summed E-state index contributed by atoms with van der Waals surface area (Å²) in [4.78, 5) is 2.54. The summed E-state index contributed by atoms with van der Waals surface area (Å²) >= 11 is 0. The largest absolute Gasteiger partial charge is 0.310 e. The number of benzene rings is 11. The summed E-state index contributed by atoms with van der Waals surface area (Å²) < 4.78 is 0. The number of hydrogen-bond acceptors (Lipinski definition) is 1. The molecule has 1 heteroatoms. The normalized spacial score (nSPS) is 15.9. The van der Waals surface area contributed by atoms with Crippen molar-refractivity contribution < 1.29 is 0 Å². The first-order valence-corrected chi connectivity index (χ1v) is 25.8. The minimum atomic E-state index is -0.539. The van der Waals surface area contributed by atoms with Gasteiger partial charge in [-0.1, -0.05) is 250 Å². The van der Waals surface area contributed by atoms with Crippen molar-refractivity contribution in [3.63, 3.8) is 0 Å². The molecule has 3 aliphatic rings. The Morgan fingerprint density at radius 2 is 0.740 bits per heavy atom. The van der Waals surface area contributed by atoms with Crippen molar-refractivity contribution in [1.82, 2.24) is 0 Å². The van der Waals surface area contributed by atoms with Gasteiger partial charge in [0, 0.05) is 27.8 Å². The minimum absolute atomic E-state index is 0.138. The monoisotopic (exact) mass is 931 g/mol. The van der Waals surface area contributed by atoms with Crippen molar-refractivity contribution in [3.8, 4) is 55.6 Å². The summed E-state index contributed by atoms with van der Waals surface area (Å²) in [6.45, 7) is 7.19. The van der Waals surface area contributed by atoms with E-state index in [1.807, 2.05) is 0 Å². The molecule has 0 bridgehead atoms. The number of fused-ring (bicyclic) bond motifs is 9. The minimum Gasteiger partial charge on any atom is -0.310 e. The molecular weight excluding hydrogens is 879 g/mol. The van der Waals surface area contributed by atoms with Gasteiger partial charge in [0.15, 0.2) is 0 Å². The Hall–Kier alpha value is -8.78.